The van der Waals surface area contributed by atoms with E-state index in [1.165, 1.54) is 0 Å². The number of hydrogen-bond acceptors (Lipinski definition) is 3. The van der Waals surface area contributed by atoms with Crippen LogP contribution < -0.4 is 5.32 Å². The molecule has 0 fully saturated rings. The average molecular weight is 356 g/mol. The lowest BCUT2D eigenvalue weighted by Gasteiger charge is -2.18. The van der Waals surface area contributed by atoms with Gasteiger partial charge in [-0.3, -0.25) is 4.79 Å². The largest absolute Gasteiger partial charge is 0.352 e. The molecule has 1 rings (SSSR count). The van der Waals surface area contributed by atoms with E-state index in [2.05, 4.69) is 5.32 Å². The van der Waals surface area contributed by atoms with Gasteiger partial charge in [-0.2, -0.15) is 0 Å². The number of carbonyl (C=O) groups excluding carboxylic acids is 1. The molecule has 4 nitrogen and oxygen atoms in total. The van der Waals surface area contributed by atoms with Crippen LogP contribution in [-0.2, 0) is 9.05 Å². The van der Waals surface area contributed by atoms with Gasteiger partial charge in [0.15, 0.2) is 0 Å². The SMILES string of the molecule is CC(C)(C)CCNC(=O)c1cc(S(=O)(=O)Cl)c(Cl)cc1F. The fourth-order valence-corrected chi connectivity index (χ4v) is 3.04. The highest BCUT2D eigenvalue weighted by atomic mass is 35.7. The van der Waals surface area contributed by atoms with Gasteiger partial charge in [-0.15, -0.1) is 0 Å². The third-order valence-corrected chi connectivity index (χ3v) is 4.48. The molecule has 0 saturated carbocycles. The standard InChI is InChI=1S/C13H16Cl2FNO3S/c1-13(2,3)4-5-17-12(18)8-6-11(21(15,19)20)9(14)7-10(8)16/h6-7H,4-5H2,1-3H3,(H,17,18). The number of amides is 1. The zero-order valence-corrected chi connectivity index (χ0v) is 14.2. The molecule has 118 valence electrons. The van der Waals surface area contributed by atoms with Crippen molar-refractivity contribution in [1.82, 2.24) is 5.32 Å². The molecule has 8 heteroatoms. The average Bonchev–Trinajstić information content (AvgIpc) is 2.24. The Morgan fingerprint density at radius 2 is 1.90 bits per heavy atom. The minimum Gasteiger partial charge on any atom is -0.352 e. The van der Waals surface area contributed by atoms with E-state index in [0.29, 0.717) is 13.0 Å². The highest BCUT2D eigenvalue weighted by Gasteiger charge is 2.22. The highest BCUT2D eigenvalue weighted by molar-refractivity contribution is 8.13. The van der Waals surface area contributed by atoms with E-state index in [0.717, 1.165) is 12.1 Å². The van der Waals surface area contributed by atoms with Crippen molar-refractivity contribution < 1.29 is 17.6 Å². The number of rotatable bonds is 4. The second-order valence-corrected chi connectivity index (χ2v) is 8.71. The van der Waals surface area contributed by atoms with Crippen molar-refractivity contribution in [2.24, 2.45) is 5.41 Å². The Morgan fingerprint density at radius 3 is 2.38 bits per heavy atom. The summed E-state index contributed by atoms with van der Waals surface area (Å²) in [6.07, 6.45) is 0.689. The van der Waals surface area contributed by atoms with Crippen LogP contribution in [0.1, 0.15) is 37.6 Å². The summed E-state index contributed by atoms with van der Waals surface area (Å²) < 4.78 is 36.4. The van der Waals surface area contributed by atoms with Gasteiger partial charge in [-0.25, -0.2) is 12.8 Å². The Morgan fingerprint density at radius 1 is 1.33 bits per heavy atom. The Kier molecular flexibility index (Phi) is 5.63. The van der Waals surface area contributed by atoms with E-state index in [-0.39, 0.29) is 10.4 Å². The molecule has 21 heavy (non-hydrogen) atoms. The van der Waals surface area contributed by atoms with E-state index < -0.39 is 31.2 Å². The van der Waals surface area contributed by atoms with Crippen LogP contribution in [0.2, 0.25) is 5.02 Å². The topological polar surface area (TPSA) is 63.2 Å². The van der Waals surface area contributed by atoms with Crippen molar-refractivity contribution in [3.8, 4) is 0 Å². The maximum atomic E-state index is 13.7. The van der Waals surface area contributed by atoms with Crippen molar-refractivity contribution in [1.29, 1.82) is 0 Å². The molecule has 0 aliphatic carbocycles. The minimum atomic E-state index is -4.16. The molecule has 0 saturated heterocycles. The molecular formula is C13H16Cl2FNO3S. The van der Waals surface area contributed by atoms with Crippen LogP contribution in [-0.4, -0.2) is 20.9 Å². The monoisotopic (exact) mass is 355 g/mol. The van der Waals surface area contributed by atoms with Gasteiger partial charge < -0.3 is 5.32 Å². The van der Waals surface area contributed by atoms with Crippen molar-refractivity contribution in [3.63, 3.8) is 0 Å². The van der Waals surface area contributed by atoms with Gasteiger partial charge in [0.25, 0.3) is 15.0 Å². The molecule has 0 unspecified atom stereocenters. The first-order chi connectivity index (χ1) is 9.42. The number of hydrogen-bond donors (Lipinski definition) is 1. The summed E-state index contributed by atoms with van der Waals surface area (Å²) in [7, 11) is 1.03. The summed E-state index contributed by atoms with van der Waals surface area (Å²) in [5, 5.41) is 2.17. The molecule has 0 aliphatic heterocycles. The number of carbonyl (C=O) groups is 1. The molecule has 0 bridgehead atoms. The maximum Gasteiger partial charge on any atom is 0.262 e. The van der Waals surface area contributed by atoms with E-state index in [4.69, 9.17) is 22.3 Å². The summed E-state index contributed by atoms with van der Waals surface area (Å²) in [5.74, 6) is -1.62. The van der Waals surface area contributed by atoms with E-state index in [9.17, 15) is 17.6 Å². The van der Waals surface area contributed by atoms with Crippen molar-refractivity contribution in [2.45, 2.75) is 32.1 Å². The zero-order valence-electron chi connectivity index (χ0n) is 11.8. The van der Waals surface area contributed by atoms with Gasteiger partial charge in [0.2, 0.25) is 0 Å². The molecule has 0 spiro atoms. The molecule has 1 amide bonds. The zero-order chi connectivity index (χ0) is 16.4. The summed E-state index contributed by atoms with van der Waals surface area (Å²) in [4.78, 5) is 11.4. The molecule has 1 N–H and O–H groups in total. The quantitative estimate of drug-likeness (QED) is 0.839. The molecular weight excluding hydrogens is 340 g/mol. The first kappa shape index (κ1) is 18.2. The molecule has 0 aliphatic rings. The number of halogens is 3. The Labute approximate surface area is 133 Å². The van der Waals surface area contributed by atoms with Crippen LogP contribution in [0.5, 0.6) is 0 Å². The smallest absolute Gasteiger partial charge is 0.262 e. The predicted octanol–water partition coefficient (Wildman–Crippen LogP) is 3.57. The van der Waals surface area contributed by atoms with Crippen molar-refractivity contribution in [3.05, 3.63) is 28.5 Å². The van der Waals surface area contributed by atoms with Crippen LogP contribution in [0, 0.1) is 11.2 Å². The van der Waals surface area contributed by atoms with E-state index in [1.807, 2.05) is 20.8 Å². The lowest BCUT2D eigenvalue weighted by molar-refractivity contribution is 0.0945. The molecule has 1 aromatic carbocycles. The fourth-order valence-electron chi connectivity index (χ4n) is 1.54. The summed E-state index contributed by atoms with van der Waals surface area (Å²) in [6.45, 7) is 6.34. The molecule has 0 aromatic heterocycles. The number of benzene rings is 1. The van der Waals surface area contributed by atoms with Gasteiger partial charge in [0.1, 0.15) is 10.7 Å². The summed E-state index contributed by atoms with van der Waals surface area (Å²) in [5.41, 5.74) is -0.399. The lowest BCUT2D eigenvalue weighted by Crippen LogP contribution is -2.28. The lowest BCUT2D eigenvalue weighted by atomic mass is 9.92. The summed E-state index contributed by atoms with van der Waals surface area (Å²) >= 11 is 5.62. The molecule has 0 heterocycles. The van der Waals surface area contributed by atoms with Crippen LogP contribution >= 0.6 is 22.3 Å². The first-order valence-corrected chi connectivity index (χ1v) is 8.82. The van der Waals surface area contributed by atoms with E-state index >= 15 is 0 Å². The maximum absolute atomic E-state index is 13.7. The van der Waals surface area contributed by atoms with Crippen molar-refractivity contribution >= 4 is 37.2 Å². The van der Waals surface area contributed by atoms with E-state index in [1.54, 1.807) is 0 Å². The molecule has 1 aromatic rings. The van der Waals surface area contributed by atoms with Gasteiger partial charge >= 0.3 is 0 Å². The minimum absolute atomic E-state index is 0.0104. The second kappa shape index (κ2) is 6.50. The Bertz CT molecular complexity index is 654. The second-order valence-electron chi connectivity index (χ2n) is 5.77. The van der Waals surface area contributed by atoms with Crippen molar-refractivity contribution in [2.75, 3.05) is 6.54 Å². The van der Waals surface area contributed by atoms with Gasteiger partial charge in [0, 0.05) is 17.2 Å². The molecule has 0 atom stereocenters. The van der Waals surface area contributed by atoms with Crippen LogP contribution in [0.15, 0.2) is 17.0 Å². The normalized spacial score (nSPS) is 12.3. The Balaban J connectivity index is 3.00. The highest BCUT2D eigenvalue weighted by Crippen LogP contribution is 2.27. The van der Waals surface area contributed by atoms with Gasteiger partial charge in [0.05, 0.1) is 10.6 Å². The Hall–Kier alpha value is -0.850. The van der Waals surface area contributed by atoms with Crippen LogP contribution in [0.3, 0.4) is 0 Å². The third kappa shape index (κ3) is 5.45. The molecule has 0 radical (unpaired) electrons. The van der Waals surface area contributed by atoms with Crippen LogP contribution in [0.25, 0.3) is 0 Å². The summed E-state index contributed by atoms with van der Waals surface area (Å²) in [6, 6.07) is 1.60. The van der Waals surface area contributed by atoms with Gasteiger partial charge in [-0.1, -0.05) is 32.4 Å². The first-order valence-electron chi connectivity index (χ1n) is 6.14. The fraction of sp³-hybridized carbons (Fsp3) is 0.462. The predicted molar refractivity (Wildman–Crippen MR) is 80.9 cm³/mol. The third-order valence-electron chi connectivity index (χ3n) is 2.69. The number of nitrogens with one attached hydrogen (secondary N) is 1. The van der Waals surface area contributed by atoms with Crippen LogP contribution in [0.4, 0.5) is 4.39 Å². The van der Waals surface area contributed by atoms with Gasteiger partial charge in [-0.05, 0) is 24.0 Å².